The van der Waals surface area contributed by atoms with Crippen LogP contribution in [0.4, 0.5) is 10.1 Å². The monoisotopic (exact) mass is 438 g/mol. The van der Waals surface area contributed by atoms with Crippen LogP contribution in [0.1, 0.15) is 5.56 Å². The van der Waals surface area contributed by atoms with Crippen LogP contribution in [0.3, 0.4) is 0 Å². The van der Waals surface area contributed by atoms with Crippen molar-refractivity contribution >= 4 is 50.0 Å². The Hall–Kier alpha value is -1.90. The second kappa shape index (κ2) is 7.50. The summed E-state index contributed by atoms with van der Waals surface area (Å²) in [6.45, 7) is 0. The van der Waals surface area contributed by atoms with Gasteiger partial charge in [-0.1, -0.05) is 53.7 Å². The van der Waals surface area contributed by atoms with Gasteiger partial charge in [-0.15, -0.1) is 0 Å². The summed E-state index contributed by atoms with van der Waals surface area (Å²) in [4.78, 5) is 18.3. The number of anilines is 1. The molecular formula is C19H16ClFN2O3S2. The highest BCUT2D eigenvalue weighted by Crippen LogP contribution is 2.41. The molecule has 0 aliphatic carbocycles. The van der Waals surface area contributed by atoms with Gasteiger partial charge in [-0.3, -0.25) is 4.79 Å². The zero-order valence-corrected chi connectivity index (χ0v) is 17.0. The Kier molecular flexibility index (Phi) is 5.20. The number of aliphatic imine (C=N–C) groups is 1. The average molecular weight is 439 g/mol. The SMILES string of the molecule is O=C(Cc1ccccc1Cl)N=C1S[C@@H]2CS(=O)(=O)C[C@H]2N1c1ccccc1F. The van der Waals surface area contributed by atoms with Crippen LogP contribution in [-0.2, 0) is 21.1 Å². The minimum Gasteiger partial charge on any atom is -0.313 e. The van der Waals surface area contributed by atoms with E-state index < -0.39 is 27.6 Å². The molecule has 5 nitrogen and oxygen atoms in total. The number of benzene rings is 2. The van der Waals surface area contributed by atoms with Gasteiger partial charge in [0.05, 0.1) is 29.7 Å². The first kappa shape index (κ1) is 19.4. The maximum atomic E-state index is 14.4. The van der Waals surface area contributed by atoms with E-state index in [4.69, 9.17) is 11.6 Å². The largest absolute Gasteiger partial charge is 0.313 e. The van der Waals surface area contributed by atoms with E-state index in [9.17, 15) is 17.6 Å². The lowest BCUT2D eigenvalue weighted by molar-refractivity contribution is -0.117. The topological polar surface area (TPSA) is 66.8 Å². The van der Waals surface area contributed by atoms with Crippen LogP contribution in [-0.4, -0.2) is 42.3 Å². The fraction of sp³-hybridized carbons (Fsp3) is 0.263. The van der Waals surface area contributed by atoms with Crippen molar-refractivity contribution in [2.45, 2.75) is 17.7 Å². The van der Waals surface area contributed by atoms with E-state index in [1.165, 1.54) is 17.8 Å². The van der Waals surface area contributed by atoms with Gasteiger partial charge in [0.2, 0.25) is 0 Å². The highest BCUT2D eigenvalue weighted by Gasteiger charge is 2.49. The molecule has 0 aromatic heterocycles. The summed E-state index contributed by atoms with van der Waals surface area (Å²) < 4.78 is 38.6. The molecule has 146 valence electrons. The van der Waals surface area contributed by atoms with Crippen LogP contribution in [0.2, 0.25) is 5.02 Å². The molecule has 0 radical (unpaired) electrons. The minimum absolute atomic E-state index is 0.00892. The molecule has 4 rings (SSSR count). The Morgan fingerprint density at radius 2 is 1.89 bits per heavy atom. The van der Waals surface area contributed by atoms with Gasteiger partial charge in [-0.2, -0.15) is 4.99 Å². The molecule has 0 unspecified atom stereocenters. The van der Waals surface area contributed by atoms with Crippen molar-refractivity contribution < 1.29 is 17.6 Å². The summed E-state index contributed by atoms with van der Waals surface area (Å²) in [7, 11) is -3.21. The Morgan fingerprint density at radius 1 is 1.18 bits per heavy atom. The molecule has 2 saturated heterocycles. The standard InChI is InChI=1S/C19H16ClFN2O3S2/c20-13-6-2-1-5-12(13)9-18(24)22-19-23(15-8-4-3-7-14(15)21)16-10-28(25,26)11-17(16)27-19/h1-8,16-17H,9-11H2/t16-,17-/m1/s1. The van der Waals surface area contributed by atoms with E-state index in [2.05, 4.69) is 4.99 Å². The molecule has 0 spiro atoms. The normalized spacial score (nSPS) is 24.5. The van der Waals surface area contributed by atoms with Crippen LogP contribution in [0.25, 0.3) is 0 Å². The highest BCUT2D eigenvalue weighted by molar-refractivity contribution is 8.16. The van der Waals surface area contributed by atoms with Crippen molar-refractivity contribution in [2.75, 3.05) is 16.4 Å². The number of halogens is 2. The Labute approximate surface area is 171 Å². The molecule has 2 aliphatic rings. The maximum Gasteiger partial charge on any atom is 0.252 e. The zero-order chi connectivity index (χ0) is 19.9. The smallest absolute Gasteiger partial charge is 0.252 e. The molecule has 28 heavy (non-hydrogen) atoms. The first-order valence-corrected chi connectivity index (χ1v) is 11.7. The number of amidine groups is 1. The van der Waals surface area contributed by atoms with Crippen molar-refractivity contribution in [1.29, 1.82) is 0 Å². The molecule has 9 heteroatoms. The molecule has 0 bridgehead atoms. The van der Waals surface area contributed by atoms with Gasteiger partial charge in [0.1, 0.15) is 5.82 Å². The molecular weight excluding hydrogens is 423 g/mol. The van der Waals surface area contributed by atoms with Crippen LogP contribution in [0, 0.1) is 5.82 Å². The first-order valence-electron chi connectivity index (χ1n) is 8.60. The van der Waals surface area contributed by atoms with E-state index in [0.29, 0.717) is 15.8 Å². The summed E-state index contributed by atoms with van der Waals surface area (Å²) in [6, 6.07) is 12.7. The summed E-state index contributed by atoms with van der Waals surface area (Å²) in [6.07, 6.45) is 0.0163. The van der Waals surface area contributed by atoms with Crippen molar-refractivity contribution in [3.8, 4) is 0 Å². The van der Waals surface area contributed by atoms with Gasteiger partial charge >= 0.3 is 0 Å². The summed E-state index contributed by atoms with van der Waals surface area (Å²) in [5.41, 5.74) is 0.880. The minimum atomic E-state index is -3.21. The summed E-state index contributed by atoms with van der Waals surface area (Å²) >= 11 is 7.32. The maximum absolute atomic E-state index is 14.4. The van der Waals surface area contributed by atoms with Crippen LogP contribution >= 0.6 is 23.4 Å². The lowest BCUT2D eigenvalue weighted by atomic mass is 10.1. The van der Waals surface area contributed by atoms with E-state index in [0.717, 1.165) is 0 Å². The van der Waals surface area contributed by atoms with E-state index in [1.807, 2.05) is 0 Å². The van der Waals surface area contributed by atoms with Gasteiger partial charge in [0, 0.05) is 10.3 Å². The summed E-state index contributed by atoms with van der Waals surface area (Å²) in [5.74, 6) is -0.999. The predicted molar refractivity (Wildman–Crippen MR) is 110 cm³/mol. The fourth-order valence-electron chi connectivity index (χ4n) is 3.44. The molecule has 1 amide bonds. The number of fused-ring (bicyclic) bond motifs is 1. The molecule has 2 fully saturated rings. The third-order valence-electron chi connectivity index (χ3n) is 4.70. The number of rotatable bonds is 3. The number of sulfone groups is 1. The van der Waals surface area contributed by atoms with Crippen molar-refractivity contribution in [2.24, 2.45) is 4.99 Å². The number of carbonyl (C=O) groups excluding carboxylic acids is 1. The molecule has 0 saturated carbocycles. The predicted octanol–water partition coefficient (Wildman–Crippen LogP) is 3.32. The van der Waals surface area contributed by atoms with Gasteiger partial charge in [-0.25, -0.2) is 12.8 Å². The Balaban J connectivity index is 1.67. The average Bonchev–Trinajstić information content (AvgIpc) is 3.08. The third kappa shape index (κ3) is 3.81. The van der Waals surface area contributed by atoms with Gasteiger partial charge in [0.25, 0.3) is 5.91 Å². The second-order valence-corrected chi connectivity index (χ2v) is 10.4. The van der Waals surface area contributed by atoms with Gasteiger partial charge in [0.15, 0.2) is 15.0 Å². The highest BCUT2D eigenvalue weighted by atomic mass is 35.5. The van der Waals surface area contributed by atoms with Crippen molar-refractivity contribution in [3.05, 3.63) is 64.9 Å². The molecule has 2 atom stereocenters. The molecule has 0 N–H and O–H groups in total. The summed E-state index contributed by atoms with van der Waals surface area (Å²) in [5, 5.41) is 0.521. The number of hydrogen-bond donors (Lipinski definition) is 0. The van der Waals surface area contributed by atoms with E-state index >= 15 is 0 Å². The first-order chi connectivity index (χ1) is 13.3. The van der Waals surface area contributed by atoms with Gasteiger partial charge < -0.3 is 4.90 Å². The number of amides is 1. The molecule has 2 aliphatic heterocycles. The fourth-order valence-corrected chi connectivity index (χ4v) is 7.57. The lowest BCUT2D eigenvalue weighted by Crippen LogP contribution is -2.38. The van der Waals surface area contributed by atoms with E-state index in [1.54, 1.807) is 47.4 Å². The number of para-hydroxylation sites is 1. The van der Waals surface area contributed by atoms with Crippen LogP contribution in [0.5, 0.6) is 0 Å². The van der Waals surface area contributed by atoms with Crippen LogP contribution in [0.15, 0.2) is 53.5 Å². The quantitative estimate of drug-likeness (QED) is 0.735. The molecule has 2 aromatic carbocycles. The third-order valence-corrected chi connectivity index (χ3v) is 8.28. The molecule has 2 aromatic rings. The van der Waals surface area contributed by atoms with Crippen molar-refractivity contribution in [3.63, 3.8) is 0 Å². The van der Waals surface area contributed by atoms with Crippen LogP contribution < -0.4 is 4.90 Å². The Morgan fingerprint density at radius 3 is 2.64 bits per heavy atom. The molecule has 2 heterocycles. The van der Waals surface area contributed by atoms with Gasteiger partial charge in [-0.05, 0) is 23.8 Å². The number of hydrogen-bond acceptors (Lipinski definition) is 4. The second-order valence-electron chi connectivity index (χ2n) is 6.68. The van der Waals surface area contributed by atoms with Crippen molar-refractivity contribution in [1.82, 2.24) is 0 Å². The number of nitrogens with zero attached hydrogens (tertiary/aromatic N) is 2. The lowest BCUT2D eigenvalue weighted by Gasteiger charge is -2.24. The Bertz CT molecular complexity index is 1070. The number of thioether (sulfide) groups is 1. The zero-order valence-electron chi connectivity index (χ0n) is 14.6. The van der Waals surface area contributed by atoms with E-state index in [-0.39, 0.29) is 28.9 Å². The number of carbonyl (C=O) groups is 1.